The van der Waals surface area contributed by atoms with Gasteiger partial charge in [0.2, 0.25) is 5.91 Å². The van der Waals surface area contributed by atoms with E-state index in [-0.39, 0.29) is 11.4 Å². The summed E-state index contributed by atoms with van der Waals surface area (Å²) in [5.74, 6) is 0.0441. The van der Waals surface area contributed by atoms with E-state index in [0.29, 0.717) is 17.8 Å². The lowest BCUT2D eigenvalue weighted by molar-refractivity contribution is -0.118. The lowest BCUT2D eigenvalue weighted by atomic mass is 9.90. The Kier molecular flexibility index (Phi) is 3.45. The van der Waals surface area contributed by atoms with Crippen molar-refractivity contribution in [2.24, 2.45) is 0 Å². The number of hydrogen-bond acceptors (Lipinski definition) is 4. The third-order valence-corrected chi connectivity index (χ3v) is 5.39. The fourth-order valence-corrected chi connectivity index (χ4v) is 4.27. The van der Waals surface area contributed by atoms with Crippen LogP contribution < -0.4 is 11.1 Å². The summed E-state index contributed by atoms with van der Waals surface area (Å²) in [5, 5.41) is 3.86. The van der Waals surface area contributed by atoms with E-state index in [9.17, 15) is 4.79 Å². The number of aromatic nitrogens is 1. The van der Waals surface area contributed by atoms with Gasteiger partial charge in [-0.25, -0.2) is 0 Å². The zero-order valence-electron chi connectivity index (χ0n) is 13.2. The highest BCUT2D eigenvalue weighted by molar-refractivity contribution is 6.02. The van der Waals surface area contributed by atoms with E-state index in [1.807, 2.05) is 24.3 Å². The van der Waals surface area contributed by atoms with Gasteiger partial charge in [-0.15, -0.1) is 0 Å². The first-order valence-corrected chi connectivity index (χ1v) is 8.36. The molecule has 3 N–H and O–H groups in total. The molecule has 1 amide bonds. The SMILES string of the molecule is Nc1c(NC(=O)CC23CCCN2CCC3)cnc2ccccc12. The van der Waals surface area contributed by atoms with Crippen molar-refractivity contribution in [3.8, 4) is 0 Å². The van der Waals surface area contributed by atoms with Crippen molar-refractivity contribution < 1.29 is 4.79 Å². The molecule has 2 aromatic rings. The number of hydrogen-bond donors (Lipinski definition) is 2. The third kappa shape index (κ3) is 2.45. The minimum atomic E-state index is 0.0441. The number of benzene rings is 1. The van der Waals surface area contributed by atoms with Crippen LogP contribution in [0.15, 0.2) is 30.5 Å². The Morgan fingerprint density at radius 2 is 2.00 bits per heavy atom. The Morgan fingerprint density at radius 1 is 1.26 bits per heavy atom. The molecule has 0 spiro atoms. The maximum atomic E-state index is 12.6. The van der Waals surface area contributed by atoms with Crippen LogP contribution in [0.5, 0.6) is 0 Å². The van der Waals surface area contributed by atoms with E-state index in [0.717, 1.165) is 36.8 Å². The molecule has 0 bridgehead atoms. The van der Waals surface area contributed by atoms with E-state index >= 15 is 0 Å². The smallest absolute Gasteiger partial charge is 0.226 e. The van der Waals surface area contributed by atoms with Crippen molar-refractivity contribution in [1.29, 1.82) is 0 Å². The second-order valence-electron chi connectivity index (χ2n) is 6.75. The monoisotopic (exact) mass is 310 g/mol. The highest BCUT2D eigenvalue weighted by atomic mass is 16.1. The van der Waals surface area contributed by atoms with Crippen LogP contribution in [0.2, 0.25) is 0 Å². The number of nitrogens with one attached hydrogen (secondary N) is 1. The number of fused-ring (bicyclic) bond motifs is 2. The number of carbonyl (C=O) groups is 1. The highest BCUT2D eigenvalue weighted by Gasteiger charge is 2.45. The highest BCUT2D eigenvalue weighted by Crippen LogP contribution is 2.41. The number of carbonyl (C=O) groups excluding carboxylic acids is 1. The number of nitrogens with two attached hydrogens (primary N) is 1. The van der Waals surface area contributed by atoms with Crippen molar-refractivity contribution in [3.63, 3.8) is 0 Å². The van der Waals surface area contributed by atoms with Crippen LogP contribution in [0.25, 0.3) is 10.9 Å². The number of rotatable bonds is 3. The van der Waals surface area contributed by atoms with Gasteiger partial charge in [0.05, 0.1) is 23.1 Å². The Hall–Kier alpha value is -2.14. The summed E-state index contributed by atoms with van der Waals surface area (Å²) in [4.78, 5) is 19.5. The molecule has 5 heteroatoms. The van der Waals surface area contributed by atoms with E-state index < -0.39 is 0 Å². The largest absolute Gasteiger partial charge is 0.396 e. The maximum Gasteiger partial charge on any atom is 0.226 e. The summed E-state index contributed by atoms with van der Waals surface area (Å²) in [6.45, 7) is 2.26. The fraction of sp³-hybridized carbons (Fsp3) is 0.444. The average molecular weight is 310 g/mol. The number of nitrogens with zero attached hydrogens (tertiary/aromatic N) is 2. The lowest BCUT2D eigenvalue weighted by Gasteiger charge is -2.31. The Morgan fingerprint density at radius 3 is 2.78 bits per heavy atom. The van der Waals surface area contributed by atoms with Gasteiger partial charge < -0.3 is 11.1 Å². The van der Waals surface area contributed by atoms with Crippen molar-refractivity contribution in [3.05, 3.63) is 30.5 Å². The van der Waals surface area contributed by atoms with Crippen molar-refractivity contribution in [2.45, 2.75) is 37.6 Å². The minimum Gasteiger partial charge on any atom is -0.396 e. The first-order valence-electron chi connectivity index (χ1n) is 8.36. The zero-order valence-corrected chi connectivity index (χ0v) is 13.2. The summed E-state index contributed by atoms with van der Waals surface area (Å²) in [6.07, 6.45) is 6.88. The molecule has 0 atom stereocenters. The standard InChI is InChI=1S/C18H22N4O/c19-17-13-5-1-2-6-14(13)20-12-15(17)21-16(23)11-18-7-3-9-22(18)10-4-8-18/h1-2,5-6,12H,3-4,7-11H2,(H2,19,20)(H,21,23). The number of nitrogen functional groups attached to an aromatic ring is 1. The molecule has 4 rings (SSSR count). The molecule has 2 saturated heterocycles. The Labute approximate surface area is 135 Å². The minimum absolute atomic E-state index is 0.0441. The molecule has 23 heavy (non-hydrogen) atoms. The van der Waals surface area contributed by atoms with Gasteiger partial charge in [-0.2, -0.15) is 0 Å². The number of amides is 1. The number of pyridine rings is 1. The van der Waals surface area contributed by atoms with Crippen LogP contribution in [0, 0.1) is 0 Å². The quantitative estimate of drug-likeness (QED) is 0.914. The molecule has 120 valence electrons. The maximum absolute atomic E-state index is 12.6. The van der Waals surface area contributed by atoms with E-state index in [1.54, 1.807) is 6.20 Å². The Balaban J connectivity index is 1.54. The molecule has 3 heterocycles. The average Bonchev–Trinajstić information content (AvgIpc) is 3.09. The summed E-state index contributed by atoms with van der Waals surface area (Å²) < 4.78 is 0. The molecule has 2 aliphatic heterocycles. The van der Waals surface area contributed by atoms with Gasteiger partial charge in [-0.05, 0) is 44.8 Å². The fourth-order valence-electron chi connectivity index (χ4n) is 4.27. The first-order chi connectivity index (χ1) is 11.2. The van der Waals surface area contributed by atoms with Gasteiger partial charge >= 0.3 is 0 Å². The molecule has 0 saturated carbocycles. The van der Waals surface area contributed by atoms with Gasteiger partial charge in [-0.1, -0.05) is 18.2 Å². The van der Waals surface area contributed by atoms with Crippen LogP contribution in [0.1, 0.15) is 32.1 Å². The molecule has 5 nitrogen and oxygen atoms in total. The van der Waals surface area contributed by atoms with Crippen LogP contribution in [0.4, 0.5) is 11.4 Å². The van der Waals surface area contributed by atoms with Crippen LogP contribution in [-0.2, 0) is 4.79 Å². The van der Waals surface area contributed by atoms with E-state index in [4.69, 9.17) is 5.73 Å². The predicted octanol–water partition coefficient (Wildman–Crippen LogP) is 2.77. The molecule has 0 unspecified atom stereocenters. The van der Waals surface area contributed by atoms with Gasteiger partial charge in [0.25, 0.3) is 0 Å². The second kappa shape index (κ2) is 5.49. The lowest BCUT2D eigenvalue weighted by Crippen LogP contribution is -2.41. The van der Waals surface area contributed by atoms with Crippen LogP contribution >= 0.6 is 0 Å². The van der Waals surface area contributed by atoms with E-state index in [2.05, 4.69) is 15.2 Å². The molecule has 2 fully saturated rings. The zero-order chi connectivity index (χ0) is 15.9. The molecule has 1 aromatic carbocycles. The van der Waals surface area contributed by atoms with Crippen LogP contribution in [0.3, 0.4) is 0 Å². The number of para-hydroxylation sites is 1. The molecular formula is C18H22N4O. The van der Waals surface area contributed by atoms with Crippen molar-refractivity contribution >= 4 is 28.2 Å². The summed E-state index contributed by atoms with van der Waals surface area (Å²) >= 11 is 0. The summed E-state index contributed by atoms with van der Waals surface area (Å²) in [7, 11) is 0. The van der Waals surface area contributed by atoms with Crippen LogP contribution in [-0.4, -0.2) is 34.4 Å². The molecule has 2 aliphatic rings. The molecular weight excluding hydrogens is 288 g/mol. The second-order valence-corrected chi connectivity index (χ2v) is 6.75. The summed E-state index contributed by atoms with van der Waals surface area (Å²) in [5.41, 5.74) is 8.36. The van der Waals surface area contributed by atoms with E-state index in [1.165, 1.54) is 12.8 Å². The normalized spacial score (nSPS) is 19.8. The third-order valence-electron chi connectivity index (χ3n) is 5.39. The number of anilines is 2. The van der Waals surface area contributed by atoms with Gasteiger partial charge in [0.15, 0.2) is 0 Å². The van der Waals surface area contributed by atoms with Gasteiger partial charge in [-0.3, -0.25) is 14.7 Å². The molecule has 1 aromatic heterocycles. The predicted molar refractivity (Wildman–Crippen MR) is 92.2 cm³/mol. The van der Waals surface area contributed by atoms with Gasteiger partial charge in [0, 0.05) is 17.3 Å². The molecule has 0 radical (unpaired) electrons. The summed E-state index contributed by atoms with van der Waals surface area (Å²) in [6, 6.07) is 7.72. The Bertz CT molecular complexity index is 748. The molecule has 0 aliphatic carbocycles. The first kappa shape index (κ1) is 14.5. The van der Waals surface area contributed by atoms with Gasteiger partial charge in [0.1, 0.15) is 0 Å². The van der Waals surface area contributed by atoms with Crippen molar-refractivity contribution in [1.82, 2.24) is 9.88 Å². The topological polar surface area (TPSA) is 71.2 Å². The van der Waals surface area contributed by atoms with Crippen molar-refractivity contribution in [2.75, 3.05) is 24.1 Å².